The number of halogens is 1. The second-order valence-electron chi connectivity index (χ2n) is 3.90. The molecule has 0 radical (unpaired) electrons. The average Bonchev–Trinajstić information content (AvgIpc) is 2.45. The van der Waals surface area contributed by atoms with Crippen LogP contribution in [0.5, 0.6) is 0 Å². The van der Waals surface area contributed by atoms with Crippen molar-refractivity contribution in [2.45, 2.75) is 19.4 Å². The summed E-state index contributed by atoms with van der Waals surface area (Å²) in [5, 5.41) is 0. The minimum Gasteiger partial charge on any atom is -0.326 e. The zero-order valence-corrected chi connectivity index (χ0v) is 10.1. The number of aryl methyl sites for hydroxylation is 1. The predicted octanol–water partition coefficient (Wildman–Crippen LogP) is 1.82. The predicted molar refractivity (Wildman–Crippen MR) is 63.8 cm³/mol. The summed E-state index contributed by atoms with van der Waals surface area (Å²) in [4.78, 5) is 13.4. The second-order valence-corrected chi connectivity index (χ2v) is 4.82. The SMILES string of the molecule is Cc1cc(Br)ccc1N1CC(N)CC1=O. The molecule has 0 bridgehead atoms. The molecule has 15 heavy (non-hydrogen) atoms. The van der Waals surface area contributed by atoms with E-state index in [-0.39, 0.29) is 11.9 Å². The molecule has 1 aromatic rings. The van der Waals surface area contributed by atoms with Crippen LogP contribution in [0.25, 0.3) is 0 Å². The highest BCUT2D eigenvalue weighted by molar-refractivity contribution is 9.10. The first-order valence-corrected chi connectivity index (χ1v) is 5.69. The molecule has 80 valence electrons. The number of benzene rings is 1. The number of nitrogens with zero attached hydrogens (tertiary/aromatic N) is 1. The van der Waals surface area contributed by atoms with Crippen molar-refractivity contribution in [2.24, 2.45) is 5.73 Å². The molecule has 0 aliphatic carbocycles. The van der Waals surface area contributed by atoms with Gasteiger partial charge in [-0.25, -0.2) is 0 Å². The quantitative estimate of drug-likeness (QED) is 0.845. The van der Waals surface area contributed by atoms with E-state index in [0.29, 0.717) is 13.0 Å². The fourth-order valence-electron chi connectivity index (χ4n) is 1.89. The van der Waals surface area contributed by atoms with Crippen molar-refractivity contribution in [2.75, 3.05) is 11.4 Å². The van der Waals surface area contributed by atoms with Gasteiger partial charge < -0.3 is 10.6 Å². The molecule has 0 saturated carbocycles. The molecule has 0 aromatic heterocycles. The smallest absolute Gasteiger partial charge is 0.228 e. The van der Waals surface area contributed by atoms with Crippen molar-refractivity contribution in [3.63, 3.8) is 0 Å². The minimum absolute atomic E-state index is 0.0273. The van der Waals surface area contributed by atoms with E-state index in [0.717, 1.165) is 15.7 Å². The zero-order chi connectivity index (χ0) is 11.0. The Morgan fingerprint density at radius 3 is 2.80 bits per heavy atom. The van der Waals surface area contributed by atoms with Gasteiger partial charge in [-0.1, -0.05) is 15.9 Å². The summed E-state index contributed by atoms with van der Waals surface area (Å²) in [5.74, 6) is 0.118. The maximum Gasteiger partial charge on any atom is 0.228 e. The van der Waals surface area contributed by atoms with Gasteiger partial charge in [0.25, 0.3) is 0 Å². The van der Waals surface area contributed by atoms with Gasteiger partial charge in [-0.05, 0) is 30.7 Å². The largest absolute Gasteiger partial charge is 0.326 e. The monoisotopic (exact) mass is 268 g/mol. The molecule has 1 unspecified atom stereocenters. The zero-order valence-electron chi connectivity index (χ0n) is 8.53. The second kappa shape index (κ2) is 3.94. The fourth-order valence-corrected chi connectivity index (χ4v) is 2.37. The van der Waals surface area contributed by atoms with Crippen LogP contribution in [-0.2, 0) is 4.79 Å². The van der Waals surface area contributed by atoms with Crippen molar-refractivity contribution >= 4 is 27.5 Å². The van der Waals surface area contributed by atoms with E-state index in [1.807, 2.05) is 25.1 Å². The number of carbonyl (C=O) groups excluding carboxylic acids is 1. The molecular formula is C11H13BrN2O. The van der Waals surface area contributed by atoms with Crippen molar-refractivity contribution in [1.29, 1.82) is 0 Å². The molecule has 1 aromatic carbocycles. The van der Waals surface area contributed by atoms with Crippen molar-refractivity contribution in [3.05, 3.63) is 28.2 Å². The molecule has 1 fully saturated rings. The Hall–Kier alpha value is -0.870. The highest BCUT2D eigenvalue weighted by atomic mass is 79.9. The van der Waals surface area contributed by atoms with Gasteiger partial charge in [0.15, 0.2) is 0 Å². The third-order valence-electron chi connectivity index (χ3n) is 2.60. The van der Waals surface area contributed by atoms with E-state index in [1.165, 1.54) is 0 Å². The average molecular weight is 269 g/mol. The van der Waals surface area contributed by atoms with Gasteiger partial charge in [0.1, 0.15) is 0 Å². The van der Waals surface area contributed by atoms with E-state index in [1.54, 1.807) is 4.90 Å². The van der Waals surface area contributed by atoms with Crippen LogP contribution in [0, 0.1) is 6.92 Å². The van der Waals surface area contributed by atoms with Gasteiger partial charge >= 0.3 is 0 Å². The lowest BCUT2D eigenvalue weighted by Gasteiger charge is -2.18. The van der Waals surface area contributed by atoms with Gasteiger partial charge in [-0.3, -0.25) is 4.79 Å². The summed E-state index contributed by atoms with van der Waals surface area (Å²) in [6.45, 7) is 2.62. The Balaban J connectivity index is 2.34. The van der Waals surface area contributed by atoms with Gasteiger partial charge in [-0.2, -0.15) is 0 Å². The van der Waals surface area contributed by atoms with Gasteiger partial charge in [-0.15, -0.1) is 0 Å². The van der Waals surface area contributed by atoms with Crippen LogP contribution in [0.3, 0.4) is 0 Å². The summed E-state index contributed by atoms with van der Waals surface area (Å²) < 4.78 is 1.03. The van der Waals surface area contributed by atoms with Crippen LogP contribution in [0.15, 0.2) is 22.7 Å². The third kappa shape index (κ3) is 2.06. The highest BCUT2D eigenvalue weighted by Crippen LogP contribution is 2.27. The van der Waals surface area contributed by atoms with E-state index in [9.17, 15) is 4.79 Å². The lowest BCUT2D eigenvalue weighted by atomic mass is 10.2. The van der Waals surface area contributed by atoms with Crippen LogP contribution in [0.2, 0.25) is 0 Å². The molecule has 1 atom stereocenters. The summed E-state index contributed by atoms with van der Waals surface area (Å²) in [6.07, 6.45) is 0.454. The van der Waals surface area contributed by atoms with Crippen LogP contribution >= 0.6 is 15.9 Å². The highest BCUT2D eigenvalue weighted by Gasteiger charge is 2.28. The summed E-state index contributed by atoms with van der Waals surface area (Å²) in [5.41, 5.74) is 7.82. The number of nitrogens with two attached hydrogens (primary N) is 1. The van der Waals surface area contributed by atoms with E-state index < -0.39 is 0 Å². The normalized spacial score (nSPS) is 21.1. The Labute approximate surface area is 97.4 Å². The molecule has 4 heteroatoms. The Bertz CT molecular complexity index is 406. The third-order valence-corrected chi connectivity index (χ3v) is 3.10. The minimum atomic E-state index is -0.0273. The van der Waals surface area contributed by atoms with Crippen LogP contribution in [-0.4, -0.2) is 18.5 Å². The van der Waals surface area contributed by atoms with E-state index >= 15 is 0 Å². The molecule has 3 nitrogen and oxygen atoms in total. The Morgan fingerprint density at radius 1 is 1.53 bits per heavy atom. The maximum atomic E-state index is 11.7. The van der Waals surface area contributed by atoms with Gasteiger partial charge in [0.05, 0.1) is 0 Å². The number of hydrogen-bond donors (Lipinski definition) is 1. The maximum absolute atomic E-state index is 11.7. The van der Waals surface area contributed by atoms with E-state index in [2.05, 4.69) is 15.9 Å². The summed E-state index contributed by atoms with van der Waals surface area (Å²) in [6, 6.07) is 5.88. The summed E-state index contributed by atoms with van der Waals surface area (Å²) >= 11 is 3.40. The molecule has 1 heterocycles. The topological polar surface area (TPSA) is 46.3 Å². The van der Waals surface area contributed by atoms with Crippen LogP contribution in [0.4, 0.5) is 5.69 Å². The molecule has 1 amide bonds. The fraction of sp³-hybridized carbons (Fsp3) is 0.364. The van der Waals surface area contributed by atoms with Gasteiger partial charge in [0.2, 0.25) is 5.91 Å². The molecule has 2 N–H and O–H groups in total. The lowest BCUT2D eigenvalue weighted by Crippen LogP contribution is -2.28. The number of anilines is 1. The van der Waals surface area contributed by atoms with Crippen molar-refractivity contribution < 1.29 is 4.79 Å². The molecule has 0 spiro atoms. The lowest BCUT2D eigenvalue weighted by molar-refractivity contribution is -0.117. The first-order valence-electron chi connectivity index (χ1n) is 4.90. The standard InChI is InChI=1S/C11H13BrN2O/c1-7-4-8(12)2-3-10(7)14-6-9(13)5-11(14)15/h2-4,9H,5-6,13H2,1H3. The van der Waals surface area contributed by atoms with Crippen LogP contribution < -0.4 is 10.6 Å². The first kappa shape index (κ1) is 10.6. The van der Waals surface area contributed by atoms with Crippen molar-refractivity contribution in [3.8, 4) is 0 Å². The molecule has 1 saturated heterocycles. The number of amides is 1. The first-order chi connectivity index (χ1) is 7.08. The molecule has 2 rings (SSSR count). The van der Waals surface area contributed by atoms with Crippen molar-refractivity contribution in [1.82, 2.24) is 0 Å². The molecule has 1 aliphatic rings. The number of rotatable bonds is 1. The Kier molecular flexibility index (Phi) is 2.80. The van der Waals surface area contributed by atoms with Gasteiger partial charge in [0, 0.05) is 29.2 Å². The van der Waals surface area contributed by atoms with Crippen LogP contribution in [0.1, 0.15) is 12.0 Å². The number of carbonyl (C=O) groups is 1. The van der Waals surface area contributed by atoms with E-state index in [4.69, 9.17) is 5.73 Å². The number of hydrogen-bond acceptors (Lipinski definition) is 2. The molecular weight excluding hydrogens is 256 g/mol. The Morgan fingerprint density at radius 2 is 2.27 bits per heavy atom. The molecule has 1 aliphatic heterocycles. The summed E-state index contributed by atoms with van der Waals surface area (Å²) in [7, 11) is 0.